The van der Waals surface area contributed by atoms with Crippen LogP contribution in [0.1, 0.15) is 19.8 Å². The minimum absolute atomic E-state index is 0.0880. The summed E-state index contributed by atoms with van der Waals surface area (Å²) in [7, 11) is 0. The molecule has 1 rings (SSSR count). The molecule has 2 atom stereocenters. The van der Waals surface area contributed by atoms with E-state index in [-0.39, 0.29) is 12.2 Å². The fraction of sp³-hybridized carbons (Fsp3) is 1.00. The third-order valence-corrected chi connectivity index (χ3v) is 1.52. The van der Waals surface area contributed by atoms with Crippen LogP contribution in [0.3, 0.4) is 0 Å². The van der Waals surface area contributed by atoms with Crippen molar-refractivity contribution >= 4 is 0 Å². The number of hydrogen-bond donors (Lipinski definition) is 1. The molecule has 0 radical (unpaired) electrons. The zero-order chi connectivity index (χ0) is 6.69. The molecule has 0 saturated carbocycles. The first-order valence-electron chi connectivity index (χ1n) is 3.31. The molecular weight excluding hydrogens is 120 g/mol. The third-order valence-electron chi connectivity index (χ3n) is 1.52. The van der Waals surface area contributed by atoms with Crippen LogP contribution in [-0.4, -0.2) is 23.9 Å². The highest BCUT2D eigenvalue weighted by atomic mass is 17.2. The van der Waals surface area contributed by atoms with E-state index in [1.54, 1.807) is 0 Å². The molecule has 0 spiro atoms. The quantitative estimate of drug-likeness (QED) is 0.555. The van der Waals surface area contributed by atoms with E-state index in [9.17, 15) is 0 Å². The van der Waals surface area contributed by atoms with Gasteiger partial charge in [0.2, 0.25) is 0 Å². The zero-order valence-electron chi connectivity index (χ0n) is 5.54. The Kier molecular flexibility index (Phi) is 2.45. The van der Waals surface area contributed by atoms with Gasteiger partial charge in [0.05, 0.1) is 12.7 Å². The number of hydrogen-bond acceptors (Lipinski definition) is 3. The number of aliphatic hydroxyl groups is 1. The van der Waals surface area contributed by atoms with Crippen LogP contribution in [0.5, 0.6) is 0 Å². The summed E-state index contributed by atoms with van der Waals surface area (Å²) in [6.07, 6.45) is 1.10. The molecule has 9 heavy (non-hydrogen) atoms. The summed E-state index contributed by atoms with van der Waals surface area (Å²) in [6.45, 7) is 2.54. The first-order valence-corrected chi connectivity index (χ1v) is 3.31. The number of rotatable bonds is 2. The Morgan fingerprint density at radius 2 is 2.56 bits per heavy atom. The van der Waals surface area contributed by atoms with Crippen LogP contribution in [0.15, 0.2) is 0 Å². The van der Waals surface area contributed by atoms with Crippen LogP contribution in [-0.2, 0) is 9.78 Å². The Balaban J connectivity index is 2.24. The molecule has 0 amide bonds. The minimum Gasteiger partial charge on any atom is -0.390 e. The summed E-state index contributed by atoms with van der Waals surface area (Å²) in [5.41, 5.74) is 0. The standard InChI is InChI=1S/C6H12O3/c1-2-5(7)6-3-4-8-9-6/h5-7H,2-4H2,1H3. The van der Waals surface area contributed by atoms with Gasteiger partial charge in [-0.15, -0.1) is 0 Å². The summed E-state index contributed by atoms with van der Waals surface area (Å²) >= 11 is 0. The summed E-state index contributed by atoms with van der Waals surface area (Å²) in [4.78, 5) is 9.38. The summed E-state index contributed by atoms with van der Waals surface area (Å²) in [6, 6.07) is 0. The topological polar surface area (TPSA) is 38.7 Å². The first-order chi connectivity index (χ1) is 4.34. The Morgan fingerprint density at radius 1 is 1.78 bits per heavy atom. The normalized spacial score (nSPS) is 30.7. The molecule has 0 aromatic rings. The fourth-order valence-electron chi connectivity index (χ4n) is 0.867. The smallest absolute Gasteiger partial charge is 0.121 e. The molecule has 1 aliphatic heterocycles. The van der Waals surface area contributed by atoms with Gasteiger partial charge in [-0.1, -0.05) is 6.92 Å². The number of aliphatic hydroxyl groups excluding tert-OH is 1. The van der Waals surface area contributed by atoms with Gasteiger partial charge in [0.1, 0.15) is 6.10 Å². The highest BCUT2D eigenvalue weighted by Crippen LogP contribution is 2.14. The van der Waals surface area contributed by atoms with E-state index in [1.165, 1.54) is 0 Å². The molecule has 1 aliphatic rings. The van der Waals surface area contributed by atoms with Crippen molar-refractivity contribution < 1.29 is 14.9 Å². The van der Waals surface area contributed by atoms with Crippen molar-refractivity contribution in [1.82, 2.24) is 0 Å². The fourth-order valence-corrected chi connectivity index (χ4v) is 0.867. The van der Waals surface area contributed by atoms with Gasteiger partial charge >= 0.3 is 0 Å². The molecule has 0 aromatic carbocycles. The molecular formula is C6H12O3. The Labute approximate surface area is 54.5 Å². The van der Waals surface area contributed by atoms with E-state index in [2.05, 4.69) is 4.89 Å². The maximum atomic E-state index is 9.15. The second-order valence-corrected chi connectivity index (χ2v) is 2.22. The zero-order valence-corrected chi connectivity index (χ0v) is 5.54. The van der Waals surface area contributed by atoms with E-state index in [1.807, 2.05) is 6.92 Å². The van der Waals surface area contributed by atoms with Gasteiger partial charge in [-0.3, -0.25) is 0 Å². The van der Waals surface area contributed by atoms with E-state index < -0.39 is 0 Å². The lowest BCUT2D eigenvalue weighted by molar-refractivity contribution is -0.288. The molecule has 1 fully saturated rings. The summed E-state index contributed by atoms with van der Waals surface area (Å²) in [5, 5.41) is 9.15. The molecule has 0 bridgehead atoms. The lowest BCUT2D eigenvalue weighted by atomic mass is 10.1. The predicted molar refractivity (Wildman–Crippen MR) is 31.7 cm³/mol. The second kappa shape index (κ2) is 3.15. The van der Waals surface area contributed by atoms with Crippen molar-refractivity contribution in [1.29, 1.82) is 0 Å². The Morgan fingerprint density at radius 3 is 3.00 bits per heavy atom. The van der Waals surface area contributed by atoms with Gasteiger partial charge in [-0.2, -0.15) is 0 Å². The van der Waals surface area contributed by atoms with Gasteiger partial charge in [-0.25, -0.2) is 9.78 Å². The minimum atomic E-state index is -0.354. The molecule has 1 saturated heterocycles. The van der Waals surface area contributed by atoms with Gasteiger partial charge in [0.15, 0.2) is 0 Å². The average molecular weight is 132 g/mol. The van der Waals surface area contributed by atoms with Crippen LogP contribution < -0.4 is 0 Å². The Bertz CT molecular complexity index is 78.4. The third kappa shape index (κ3) is 1.64. The van der Waals surface area contributed by atoms with Crippen LogP contribution in [0.2, 0.25) is 0 Å². The molecule has 2 unspecified atom stereocenters. The molecule has 0 aliphatic carbocycles. The van der Waals surface area contributed by atoms with Crippen LogP contribution in [0, 0.1) is 0 Å². The van der Waals surface area contributed by atoms with Gasteiger partial charge in [-0.05, 0) is 6.42 Å². The Hall–Kier alpha value is -0.120. The van der Waals surface area contributed by atoms with Crippen molar-refractivity contribution in [2.75, 3.05) is 6.61 Å². The van der Waals surface area contributed by atoms with Crippen molar-refractivity contribution in [3.63, 3.8) is 0 Å². The molecule has 1 N–H and O–H groups in total. The SMILES string of the molecule is CCC(O)C1CCOO1. The van der Waals surface area contributed by atoms with Crippen molar-refractivity contribution in [2.24, 2.45) is 0 Å². The largest absolute Gasteiger partial charge is 0.390 e. The van der Waals surface area contributed by atoms with Crippen molar-refractivity contribution in [3.8, 4) is 0 Å². The van der Waals surface area contributed by atoms with Crippen molar-refractivity contribution in [2.45, 2.75) is 32.0 Å². The molecule has 1 heterocycles. The van der Waals surface area contributed by atoms with Gasteiger partial charge < -0.3 is 5.11 Å². The first kappa shape index (κ1) is 6.99. The van der Waals surface area contributed by atoms with Crippen LogP contribution in [0.25, 0.3) is 0 Å². The molecule has 3 heteroatoms. The van der Waals surface area contributed by atoms with E-state index >= 15 is 0 Å². The van der Waals surface area contributed by atoms with E-state index in [0.717, 1.165) is 12.8 Å². The van der Waals surface area contributed by atoms with Crippen LogP contribution >= 0.6 is 0 Å². The highest BCUT2D eigenvalue weighted by molar-refractivity contribution is 4.67. The monoisotopic (exact) mass is 132 g/mol. The van der Waals surface area contributed by atoms with Gasteiger partial charge in [0, 0.05) is 6.42 Å². The maximum absolute atomic E-state index is 9.15. The molecule has 0 aromatic heterocycles. The lowest BCUT2D eigenvalue weighted by Crippen LogP contribution is -2.23. The van der Waals surface area contributed by atoms with Crippen LogP contribution in [0.4, 0.5) is 0 Å². The summed E-state index contributed by atoms with van der Waals surface area (Å²) < 4.78 is 0. The van der Waals surface area contributed by atoms with E-state index in [4.69, 9.17) is 9.99 Å². The highest BCUT2D eigenvalue weighted by Gasteiger charge is 2.23. The van der Waals surface area contributed by atoms with Crippen molar-refractivity contribution in [3.05, 3.63) is 0 Å². The lowest BCUT2D eigenvalue weighted by Gasteiger charge is -2.11. The molecule has 54 valence electrons. The predicted octanol–water partition coefficient (Wildman–Crippen LogP) is 0.478. The van der Waals surface area contributed by atoms with E-state index in [0.29, 0.717) is 6.61 Å². The van der Waals surface area contributed by atoms with Gasteiger partial charge in [0.25, 0.3) is 0 Å². The average Bonchev–Trinajstić information content (AvgIpc) is 2.37. The second-order valence-electron chi connectivity index (χ2n) is 2.22. The summed E-state index contributed by atoms with van der Waals surface area (Å²) in [5.74, 6) is 0. The molecule has 3 nitrogen and oxygen atoms in total. The maximum Gasteiger partial charge on any atom is 0.121 e.